The van der Waals surface area contributed by atoms with Gasteiger partial charge < -0.3 is 9.80 Å². The van der Waals surface area contributed by atoms with Crippen molar-refractivity contribution in [3.05, 3.63) is 42.2 Å². The quantitative estimate of drug-likeness (QED) is 0.830. The Morgan fingerprint density at radius 2 is 2.13 bits per heavy atom. The standard InChI is InChI=1S/C16H22N6O/c1-3-20(4-2)10-14-12-21(11-13-5-6-19-22(13)14)16(23)15-9-17-7-8-18-15/h5-9,14H,3-4,10-12H2,1-2H3. The van der Waals surface area contributed by atoms with Crippen molar-refractivity contribution in [2.24, 2.45) is 0 Å². The van der Waals surface area contributed by atoms with Gasteiger partial charge in [0.15, 0.2) is 0 Å². The molecule has 1 amide bonds. The minimum absolute atomic E-state index is 0.0740. The smallest absolute Gasteiger partial charge is 0.274 e. The fourth-order valence-electron chi connectivity index (χ4n) is 3.03. The summed E-state index contributed by atoms with van der Waals surface area (Å²) in [5.74, 6) is -0.0740. The number of amides is 1. The molecule has 0 fully saturated rings. The maximum absolute atomic E-state index is 12.7. The SMILES string of the molecule is CCN(CC)CC1CN(C(=O)c2cnccn2)Cc2ccnn21. The third kappa shape index (κ3) is 3.24. The van der Waals surface area contributed by atoms with E-state index in [9.17, 15) is 4.79 Å². The third-order valence-electron chi connectivity index (χ3n) is 4.32. The fraction of sp³-hybridized carbons (Fsp3) is 0.500. The summed E-state index contributed by atoms with van der Waals surface area (Å²) in [7, 11) is 0. The molecule has 23 heavy (non-hydrogen) atoms. The molecular formula is C16H22N6O. The molecule has 1 atom stereocenters. The second kappa shape index (κ2) is 6.87. The highest BCUT2D eigenvalue weighted by Crippen LogP contribution is 2.22. The Morgan fingerprint density at radius 1 is 1.30 bits per heavy atom. The van der Waals surface area contributed by atoms with Crippen molar-refractivity contribution in [3.63, 3.8) is 0 Å². The Kier molecular flexibility index (Phi) is 4.66. The number of fused-ring (bicyclic) bond motifs is 1. The minimum atomic E-state index is -0.0740. The van der Waals surface area contributed by atoms with Crippen molar-refractivity contribution < 1.29 is 4.79 Å². The summed E-state index contributed by atoms with van der Waals surface area (Å²) in [6.07, 6.45) is 6.45. The molecule has 0 saturated heterocycles. The zero-order valence-electron chi connectivity index (χ0n) is 13.6. The molecule has 0 N–H and O–H groups in total. The van der Waals surface area contributed by atoms with E-state index >= 15 is 0 Å². The van der Waals surface area contributed by atoms with Crippen molar-refractivity contribution in [2.45, 2.75) is 26.4 Å². The van der Waals surface area contributed by atoms with Gasteiger partial charge in [0, 0.05) is 31.7 Å². The Balaban J connectivity index is 1.81. The molecule has 1 aliphatic rings. The Morgan fingerprint density at radius 3 is 2.83 bits per heavy atom. The summed E-state index contributed by atoms with van der Waals surface area (Å²) in [5.41, 5.74) is 1.45. The molecule has 0 spiro atoms. The normalized spacial score (nSPS) is 17.3. The first-order valence-corrected chi connectivity index (χ1v) is 8.03. The maximum Gasteiger partial charge on any atom is 0.274 e. The van der Waals surface area contributed by atoms with E-state index in [1.807, 2.05) is 11.0 Å². The molecule has 3 rings (SSSR count). The van der Waals surface area contributed by atoms with Crippen molar-refractivity contribution in [1.82, 2.24) is 29.5 Å². The number of carbonyl (C=O) groups excluding carboxylic acids is 1. The summed E-state index contributed by atoms with van der Waals surface area (Å²) < 4.78 is 2.05. The van der Waals surface area contributed by atoms with Crippen LogP contribution in [0.4, 0.5) is 0 Å². The lowest BCUT2D eigenvalue weighted by atomic mass is 10.1. The minimum Gasteiger partial charge on any atom is -0.329 e. The summed E-state index contributed by atoms with van der Waals surface area (Å²) in [4.78, 5) is 25.0. The monoisotopic (exact) mass is 314 g/mol. The first-order chi connectivity index (χ1) is 11.2. The van der Waals surface area contributed by atoms with Gasteiger partial charge in [0.05, 0.1) is 24.5 Å². The maximum atomic E-state index is 12.7. The van der Waals surface area contributed by atoms with Gasteiger partial charge in [-0.05, 0) is 19.2 Å². The van der Waals surface area contributed by atoms with Crippen LogP contribution >= 0.6 is 0 Å². The van der Waals surface area contributed by atoms with Crippen LogP contribution < -0.4 is 0 Å². The van der Waals surface area contributed by atoms with Gasteiger partial charge in [-0.2, -0.15) is 5.10 Å². The number of nitrogens with zero attached hydrogens (tertiary/aromatic N) is 6. The van der Waals surface area contributed by atoms with E-state index in [-0.39, 0.29) is 11.9 Å². The second-order valence-corrected chi connectivity index (χ2v) is 5.68. The Hall–Kier alpha value is -2.28. The van der Waals surface area contributed by atoms with Gasteiger partial charge >= 0.3 is 0 Å². The summed E-state index contributed by atoms with van der Waals surface area (Å²) in [6, 6.07) is 2.14. The van der Waals surface area contributed by atoms with Crippen LogP contribution in [0.15, 0.2) is 30.9 Å². The number of rotatable bonds is 5. The number of hydrogen-bond acceptors (Lipinski definition) is 5. The number of likely N-dealkylation sites (N-methyl/N-ethyl adjacent to an activating group) is 1. The van der Waals surface area contributed by atoms with Gasteiger partial charge in [-0.1, -0.05) is 13.8 Å². The molecular weight excluding hydrogens is 292 g/mol. The fourth-order valence-corrected chi connectivity index (χ4v) is 3.03. The predicted octanol–water partition coefficient (Wildman–Crippen LogP) is 1.21. The molecule has 1 unspecified atom stereocenters. The van der Waals surface area contributed by atoms with Gasteiger partial charge in [-0.3, -0.25) is 14.5 Å². The zero-order chi connectivity index (χ0) is 16.2. The van der Waals surface area contributed by atoms with Crippen LogP contribution in [0, 0.1) is 0 Å². The van der Waals surface area contributed by atoms with Crippen LogP contribution in [-0.2, 0) is 6.54 Å². The van der Waals surface area contributed by atoms with Gasteiger partial charge in [0.1, 0.15) is 5.69 Å². The van der Waals surface area contributed by atoms with E-state index in [1.165, 1.54) is 6.20 Å². The van der Waals surface area contributed by atoms with Crippen molar-refractivity contribution in [2.75, 3.05) is 26.2 Å². The molecule has 7 nitrogen and oxygen atoms in total. The molecule has 0 bridgehead atoms. The zero-order valence-corrected chi connectivity index (χ0v) is 13.6. The molecule has 0 saturated carbocycles. The Labute approximate surface area is 135 Å². The molecule has 0 aliphatic carbocycles. The van der Waals surface area contributed by atoms with Gasteiger partial charge in [0.25, 0.3) is 5.91 Å². The highest BCUT2D eigenvalue weighted by Gasteiger charge is 2.30. The second-order valence-electron chi connectivity index (χ2n) is 5.68. The molecule has 0 aromatic carbocycles. The summed E-state index contributed by atoms with van der Waals surface area (Å²) in [5, 5.41) is 4.45. The van der Waals surface area contributed by atoms with Gasteiger partial charge in [0.2, 0.25) is 0 Å². The molecule has 1 aliphatic heterocycles. The van der Waals surface area contributed by atoms with Crippen LogP contribution in [-0.4, -0.2) is 61.6 Å². The highest BCUT2D eigenvalue weighted by molar-refractivity contribution is 5.92. The number of carbonyl (C=O) groups is 1. The summed E-state index contributed by atoms with van der Waals surface area (Å²) >= 11 is 0. The lowest BCUT2D eigenvalue weighted by Crippen LogP contribution is -2.45. The first kappa shape index (κ1) is 15.6. The van der Waals surface area contributed by atoms with Crippen LogP contribution in [0.5, 0.6) is 0 Å². The van der Waals surface area contributed by atoms with E-state index in [2.05, 4.69) is 38.5 Å². The van der Waals surface area contributed by atoms with Crippen molar-refractivity contribution in [3.8, 4) is 0 Å². The van der Waals surface area contributed by atoms with Crippen molar-refractivity contribution >= 4 is 5.91 Å². The van der Waals surface area contributed by atoms with E-state index in [1.54, 1.807) is 18.6 Å². The van der Waals surface area contributed by atoms with E-state index in [0.29, 0.717) is 18.8 Å². The van der Waals surface area contributed by atoms with Gasteiger partial charge in [-0.15, -0.1) is 0 Å². The lowest BCUT2D eigenvalue weighted by Gasteiger charge is -2.36. The van der Waals surface area contributed by atoms with Crippen LogP contribution in [0.3, 0.4) is 0 Å². The number of hydrogen-bond donors (Lipinski definition) is 0. The molecule has 2 aromatic heterocycles. The van der Waals surface area contributed by atoms with E-state index in [4.69, 9.17) is 0 Å². The topological polar surface area (TPSA) is 67.2 Å². The van der Waals surface area contributed by atoms with Crippen LogP contribution in [0.1, 0.15) is 36.1 Å². The molecule has 3 heterocycles. The van der Waals surface area contributed by atoms with E-state index < -0.39 is 0 Å². The average Bonchev–Trinajstić information content (AvgIpc) is 3.08. The molecule has 0 radical (unpaired) electrons. The summed E-state index contributed by atoms with van der Waals surface area (Å²) in [6.45, 7) is 8.36. The van der Waals surface area contributed by atoms with Crippen LogP contribution in [0.2, 0.25) is 0 Å². The first-order valence-electron chi connectivity index (χ1n) is 8.03. The highest BCUT2D eigenvalue weighted by atomic mass is 16.2. The Bertz CT molecular complexity index is 652. The number of aromatic nitrogens is 4. The predicted molar refractivity (Wildman–Crippen MR) is 85.8 cm³/mol. The molecule has 2 aromatic rings. The van der Waals surface area contributed by atoms with Crippen LogP contribution in [0.25, 0.3) is 0 Å². The van der Waals surface area contributed by atoms with E-state index in [0.717, 1.165) is 25.3 Å². The third-order valence-corrected chi connectivity index (χ3v) is 4.32. The average molecular weight is 314 g/mol. The largest absolute Gasteiger partial charge is 0.329 e. The molecule has 122 valence electrons. The lowest BCUT2D eigenvalue weighted by molar-refractivity contribution is 0.0636. The molecule has 7 heteroatoms. The van der Waals surface area contributed by atoms with Crippen molar-refractivity contribution in [1.29, 1.82) is 0 Å². The van der Waals surface area contributed by atoms with Gasteiger partial charge in [-0.25, -0.2) is 4.98 Å².